The molecular formula is C31H26N4O2S2. The summed E-state index contributed by atoms with van der Waals surface area (Å²) in [4.78, 5) is 34.9. The fourth-order valence-electron chi connectivity index (χ4n) is 4.35. The van der Waals surface area contributed by atoms with Gasteiger partial charge in [0.15, 0.2) is 5.16 Å². The number of carbonyl (C=O) groups is 1. The van der Waals surface area contributed by atoms with Crippen molar-refractivity contribution < 1.29 is 4.79 Å². The zero-order chi connectivity index (χ0) is 27.4. The fourth-order valence-corrected chi connectivity index (χ4v) is 6.26. The van der Waals surface area contributed by atoms with Gasteiger partial charge in [0.05, 0.1) is 29.4 Å². The highest BCUT2D eigenvalue weighted by Crippen LogP contribution is 2.33. The second-order valence-corrected chi connectivity index (χ2v) is 11.1. The van der Waals surface area contributed by atoms with E-state index in [-0.39, 0.29) is 23.6 Å². The smallest absolute Gasteiger partial charge is 0.276 e. The van der Waals surface area contributed by atoms with Gasteiger partial charge in [-0.1, -0.05) is 72.4 Å². The summed E-state index contributed by atoms with van der Waals surface area (Å²) < 4.78 is 2.21. The number of nitriles is 1. The Morgan fingerprint density at radius 3 is 2.46 bits per heavy atom. The van der Waals surface area contributed by atoms with Gasteiger partial charge in [0.1, 0.15) is 4.70 Å². The number of thiophene rings is 1. The Bertz CT molecular complexity index is 1740. The number of amides is 1. The first-order valence-electron chi connectivity index (χ1n) is 12.5. The van der Waals surface area contributed by atoms with E-state index < -0.39 is 0 Å². The van der Waals surface area contributed by atoms with E-state index in [1.165, 1.54) is 23.1 Å². The van der Waals surface area contributed by atoms with Crippen molar-refractivity contribution in [3.05, 3.63) is 106 Å². The highest BCUT2D eigenvalue weighted by atomic mass is 32.2. The first-order valence-corrected chi connectivity index (χ1v) is 14.3. The lowest BCUT2D eigenvalue weighted by Gasteiger charge is -2.22. The molecule has 0 atom stereocenters. The highest BCUT2D eigenvalue weighted by Gasteiger charge is 2.21. The fraction of sp³-hybridized carbons (Fsp3) is 0.161. The largest absolute Gasteiger partial charge is 0.311 e. The molecule has 0 aliphatic rings. The van der Waals surface area contributed by atoms with Crippen LogP contribution in [0.2, 0.25) is 0 Å². The maximum atomic E-state index is 14.0. The molecule has 6 nitrogen and oxygen atoms in total. The molecule has 0 N–H and O–H groups in total. The summed E-state index contributed by atoms with van der Waals surface area (Å²) >= 11 is 2.67. The van der Waals surface area contributed by atoms with Crippen molar-refractivity contribution in [1.82, 2.24) is 9.55 Å². The number of thioether (sulfide) groups is 1. The molecule has 0 fully saturated rings. The Balaban J connectivity index is 1.57. The van der Waals surface area contributed by atoms with E-state index in [1.54, 1.807) is 9.47 Å². The molecule has 0 radical (unpaired) electrons. The Hall–Kier alpha value is -4.19. The normalized spacial score (nSPS) is 10.9. The molecule has 2 heterocycles. The summed E-state index contributed by atoms with van der Waals surface area (Å²) in [6.07, 6.45) is 0.222. The SMILES string of the molecule is Cc1ccc(C)c(-n2c(SCC(=O)N(CCC#N)c3ccccc3)nc3cc(-c4ccccc4)sc3c2=O)c1. The molecule has 0 aliphatic heterocycles. The Morgan fingerprint density at radius 1 is 1.03 bits per heavy atom. The third-order valence-corrected chi connectivity index (χ3v) is 8.41. The number of hydrogen-bond acceptors (Lipinski definition) is 6. The van der Waals surface area contributed by atoms with Crippen LogP contribution >= 0.6 is 23.1 Å². The third kappa shape index (κ3) is 5.65. The van der Waals surface area contributed by atoms with Crippen LogP contribution in [-0.2, 0) is 4.79 Å². The summed E-state index contributed by atoms with van der Waals surface area (Å²) in [5.74, 6) is -0.0858. The number of rotatable bonds is 8. The lowest BCUT2D eigenvalue weighted by Crippen LogP contribution is -2.33. The minimum atomic E-state index is -0.154. The lowest BCUT2D eigenvalue weighted by molar-refractivity contribution is -0.116. The van der Waals surface area contributed by atoms with Crippen LogP contribution in [0.1, 0.15) is 17.5 Å². The zero-order valence-electron chi connectivity index (χ0n) is 21.6. The van der Waals surface area contributed by atoms with Gasteiger partial charge < -0.3 is 4.90 Å². The van der Waals surface area contributed by atoms with E-state index in [9.17, 15) is 9.59 Å². The van der Waals surface area contributed by atoms with Gasteiger partial charge in [-0.15, -0.1) is 11.3 Å². The van der Waals surface area contributed by atoms with E-state index in [1.807, 2.05) is 98.8 Å². The zero-order valence-corrected chi connectivity index (χ0v) is 23.3. The first-order chi connectivity index (χ1) is 19.0. The summed E-state index contributed by atoms with van der Waals surface area (Å²) in [6, 6.07) is 29.3. The molecule has 0 saturated heterocycles. The van der Waals surface area contributed by atoms with Crippen LogP contribution < -0.4 is 10.5 Å². The predicted octanol–water partition coefficient (Wildman–Crippen LogP) is 6.77. The Labute approximate surface area is 235 Å². The van der Waals surface area contributed by atoms with Crippen LogP contribution in [0.3, 0.4) is 0 Å². The Morgan fingerprint density at radius 2 is 1.74 bits per heavy atom. The van der Waals surface area contributed by atoms with Crippen molar-refractivity contribution in [2.24, 2.45) is 0 Å². The van der Waals surface area contributed by atoms with Gasteiger partial charge in [0.25, 0.3) is 5.56 Å². The molecule has 1 amide bonds. The molecule has 2 aromatic heterocycles. The average Bonchev–Trinajstić information content (AvgIpc) is 3.39. The van der Waals surface area contributed by atoms with E-state index in [2.05, 4.69) is 6.07 Å². The number of hydrogen-bond donors (Lipinski definition) is 0. The maximum Gasteiger partial charge on any atom is 0.276 e. The van der Waals surface area contributed by atoms with E-state index >= 15 is 0 Å². The van der Waals surface area contributed by atoms with E-state index in [0.29, 0.717) is 21.9 Å². The van der Waals surface area contributed by atoms with Gasteiger partial charge in [-0.05, 0) is 54.8 Å². The molecule has 5 aromatic rings. The van der Waals surface area contributed by atoms with Crippen LogP contribution in [-0.4, -0.2) is 27.8 Å². The minimum Gasteiger partial charge on any atom is -0.311 e. The number of fused-ring (bicyclic) bond motifs is 1. The lowest BCUT2D eigenvalue weighted by atomic mass is 10.1. The van der Waals surface area contributed by atoms with Gasteiger partial charge in [-0.25, -0.2) is 4.98 Å². The molecule has 5 rings (SSSR count). The van der Waals surface area contributed by atoms with Crippen molar-refractivity contribution >= 4 is 44.9 Å². The van der Waals surface area contributed by atoms with E-state index in [4.69, 9.17) is 10.2 Å². The highest BCUT2D eigenvalue weighted by molar-refractivity contribution is 7.99. The standard InChI is InChI=1S/C31H26N4O2S2/c1-21-14-15-22(2)26(18-21)35-30(37)29-25(19-27(39-29)23-10-5-3-6-11-23)33-31(35)38-20-28(36)34(17-9-16-32)24-12-7-4-8-13-24/h3-8,10-15,18-19H,9,17,20H2,1-2H3. The summed E-state index contributed by atoms with van der Waals surface area (Å²) in [5.41, 5.74) is 4.94. The molecule has 0 saturated carbocycles. The van der Waals surface area contributed by atoms with E-state index in [0.717, 1.165) is 32.9 Å². The van der Waals surface area contributed by atoms with Crippen molar-refractivity contribution in [2.75, 3.05) is 17.2 Å². The molecule has 3 aromatic carbocycles. The summed E-state index contributed by atoms with van der Waals surface area (Å²) in [7, 11) is 0. The van der Waals surface area contributed by atoms with Gasteiger partial charge >= 0.3 is 0 Å². The number of benzene rings is 3. The van der Waals surface area contributed by atoms with Crippen LogP contribution in [0.25, 0.3) is 26.3 Å². The average molecular weight is 551 g/mol. The monoisotopic (exact) mass is 550 g/mol. The second kappa shape index (κ2) is 11.7. The molecule has 0 bridgehead atoms. The molecular weight excluding hydrogens is 525 g/mol. The van der Waals surface area contributed by atoms with Crippen molar-refractivity contribution in [1.29, 1.82) is 5.26 Å². The Kier molecular flexibility index (Phi) is 7.92. The van der Waals surface area contributed by atoms with Gasteiger partial charge in [0, 0.05) is 17.1 Å². The van der Waals surface area contributed by atoms with Crippen molar-refractivity contribution in [3.63, 3.8) is 0 Å². The summed E-state index contributed by atoms with van der Waals surface area (Å²) in [5, 5.41) is 9.60. The molecule has 194 valence electrons. The van der Waals surface area contributed by atoms with Crippen molar-refractivity contribution in [2.45, 2.75) is 25.4 Å². The van der Waals surface area contributed by atoms with Gasteiger partial charge in [0.2, 0.25) is 5.91 Å². The van der Waals surface area contributed by atoms with Crippen LogP contribution in [0.4, 0.5) is 5.69 Å². The number of nitrogens with zero attached hydrogens (tertiary/aromatic N) is 4. The summed E-state index contributed by atoms with van der Waals surface area (Å²) in [6.45, 7) is 4.25. The maximum absolute atomic E-state index is 14.0. The quantitative estimate of drug-likeness (QED) is 0.157. The van der Waals surface area contributed by atoms with Crippen LogP contribution in [0, 0.1) is 25.2 Å². The van der Waals surface area contributed by atoms with Crippen LogP contribution in [0.5, 0.6) is 0 Å². The third-order valence-electron chi connectivity index (χ3n) is 6.32. The number of carbonyl (C=O) groups excluding carboxylic acids is 1. The number of anilines is 1. The molecule has 8 heteroatoms. The second-order valence-electron chi connectivity index (χ2n) is 9.09. The predicted molar refractivity (Wildman–Crippen MR) is 160 cm³/mol. The number of aromatic nitrogens is 2. The van der Waals surface area contributed by atoms with Crippen molar-refractivity contribution in [3.8, 4) is 22.2 Å². The van der Waals surface area contributed by atoms with Gasteiger partial charge in [-0.3, -0.25) is 14.2 Å². The molecule has 39 heavy (non-hydrogen) atoms. The topological polar surface area (TPSA) is 79.0 Å². The first kappa shape index (κ1) is 26.4. The number of para-hydroxylation sites is 1. The number of aryl methyl sites for hydroxylation is 2. The molecule has 0 spiro atoms. The van der Waals surface area contributed by atoms with Gasteiger partial charge in [-0.2, -0.15) is 5.26 Å². The minimum absolute atomic E-state index is 0.0683. The van der Waals surface area contributed by atoms with Crippen LogP contribution in [0.15, 0.2) is 94.9 Å². The molecule has 0 unspecified atom stereocenters. The molecule has 0 aliphatic carbocycles.